The highest BCUT2D eigenvalue weighted by Crippen LogP contribution is 2.05. The van der Waals surface area contributed by atoms with E-state index in [0.29, 0.717) is 6.54 Å². The van der Waals surface area contributed by atoms with Gasteiger partial charge in [0.2, 0.25) is 10.0 Å². The third-order valence-electron chi connectivity index (χ3n) is 2.32. The highest BCUT2D eigenvalue weighted by molar-refractivity contribution is 7.89. The number of unbranched alkanes of at least 4 members (excludes halogenated alkanes) is 3. The molecule has 0 saturated carbocycles. The van der Waals surface area contributed by atoms with Gasteiger partial charge < -0.3 is 5.11 Å². The molecule has 1 rings (SSSR count). The Hall–Kier alpha value is -0.980. The van der Waals surface area contributed by atoms with E-state index in [-0.39, 0.29) is 11.5 Å². The largest absolute Gasteiger partial charge is 0.396 e. The van der Waals surface area contributed by atoms with E-state index in [1.165, 1.54) is 18.5 Å². The Labute approximate surface area is 102 Å². The summed E-state index contributed by atoms with van der Waals surface area (Å²) in [4.78, 5) is 3.96. The van der Waals surface area contributed by atoms with Crippen LogP contribution in [0.4, 0.5) is 0 Å². The number of nitrogens with one attached hydrogen (secondary N) is 1. The van der Waals surface area contributed by atoms with E-state index in [0.717, 1.165) is 25.7 Å². The second-order valence-corrected chi connectivity index (χ2v) is 5.49. The molecule has 0 bridgehead atoms. The second kappa shape index (κ2) is 7.37. The van der Waals surface area contributed by atoms with Crippen molar-refractivity contribution in [2.24, 2.45) is 0 Å². The summed E-state index contributed by atoms with van der Waals surface area (Å²) in [6, 6.07) is 3.11. The molecule has 6 heteroatoms. The van der Waals surface area contributed by atoms with Crippen molar-refractivity contribution in [1.82, 2.24) is 9.71 Å². The van der Waals surface area contributed by atoms with Crippen LogP contribution in [-0.2, 0) is 10.0 Å². The fourth-order valence-corrected chi connectivity index (χ4v) is 2.42. The fraction of sp³-hybridized carbons (Fsp3) is 0.545. The Morgan fingerprint density at radius 3 is 2.65 bits per heavy atom. The predicted octanol–water partition coefficient (Wildman–Crippen LogP) is 0.913. The molecule has 0 aliphatic heterocycles. The lowest BCUT2D eigenvalue weighted by Gasteiger charge is -2.05. The maximum Gasteiger partial charge on any atom is 0.242 e. The molecule has 1 aromatic rings. The van der Waals surface area contributed by atoms with Crippen LogP contribution in [0.25, 0.3) is 0 Å². The third kappa shape index (κ3) is 5.25. The Kier molecular flexibility index (Phi) is 6.10. The van der Waals surface area contributed by atoms with Crippen molar-refractivity contribution in [1.29, 1.82) is 0 Å². The van der Waals surface area contributed by atoms with E-state index in [9.17, 15) is 8.42 Å². The topological polar surface area (TPSA) is 79.3 Å². The molecule has 0 radical (unpaired) electrons. The minimum atomic E-state index is -3.41. The number of aromatic nitrogens is 1. The molecule has 5 nitrogen and oxygen atoms in total. The lowest BCUT2D eigenvalue weighted by Crippen LogP contribution is -2.24. The first-order valence-electron chi connectivity index (χ1n) is 5.67. The van der Waals surface area contributed by atoms with Crippen molar-refractivity contribution >= 4 is 10.0 Å². The Balaban J connectivity index is 2.31. The van der Waals surface area contributed by atoms with Crippen LogP contribution in [0.3, 0.4) is 0 Å². The number of hydrogen-bond donors (Lipinski definition) is 2. The van der Waals surface area contributed by atoms with E-state index in [1.54, 1.807) is 6.07 Å². The van der Waals surface area contributed by atoms with E-state index >= 15 is 0 Å². The van der Waals surface area contributed by atoms with E-state index in [2.05, 4.69) is 9.71 Å². The summed E-state index contributed by atoms with van der Waals surface area (Å²) in [5.74, 6) is 0. The molecular formula is C11H18N2O3S. The summed E-state index contributed by atoms with van der Waals surface area (Å²) < 4.78 is 26.0. The molecule has 0 fully saturated rings. The molecule has 17 heavy (non-hydrogen) atoms. The summed E-state index contributed by atoms with van der Waals surface area (Å²) in [5, 5.41) is 8.58. The third-order valence-corrected chi connectivity index (χ3v) is 3.77. The molecule has 0 aromatic carbocycles. The van der Waals surface area contributed by atoms with Gasteiger partial charge in [-0.15, -0.1) is 0 Å². The van der Waals surface area contributed by atoms with Crippen molar-refractivity contribution in [3.8, 4) is 0 Å². The second-order valence-electron chi connectivity index (χ2n) is 3.72. The van der Waals surface area contributed by atoms with E-state index < -0.39 is 10.0 Å². The summed E-state index contributed by atoms with van der Waals surface area (Å²) in [5.41, 5.74) is 0. The zero-order valence-corrected chi connectivity index (χ0v) is 10.5. The van der Waals surface area contributed by atoms with E-state index in [1.807, 2.05) is 0 Å². The minimum absolute atomic E-state index is 0.190. The molecule has 2 N–H and O–H groups in total. The average Bonchev–Trinajstić information content (AvgIpc) is 2.35. The van der Waals surface area contributed by atoms with Gasteiger partial charge in [0.05, 0.1) is 0 Å². The molecular weight excluding hydrogens is 240 g/mol. The van der Waals surface area contributed by atoms with Gasteiger partial charge in [0.15, 0.2) is 0 Å². The van der Waals surface area contributed by atoms with Crippen LogP contribution in [0.1, 0.15) is 25.7 Å². The van der Waals surface area contributed by atoms with E-state index in [4.69, 9.17) is 5.11 Å². The highest BCUT2D eigenvalue weighted by atomic mass is 32.2. The first kappa shape index (κ1) is 14.1. The van der Waals surface area contributed by atoms with Crippen molar-refractivity contribution in [2.45, 2.75) is 30.6 Å². The minimum Gasteiger partial charge on any atom is -0.396 e. The molecule has 0 aliphatic carbocycles. The van der Waals surface area contributed by atoms with Gasteiger partial charge >= 0.3 is 0 Å². The summed E-state index contributed by atoms with van der Waals surface area (Å²) >= 11 is 0. The van der Waals surface area contributed by atoms with Crippen LogP contribution in [-0.4, -0.2) is 31.7 Å². The summed E-state index contributed by atoms with van der Waals surface area (Å²) in [6.45, 7) is 0.615. The van der Waals surface area contributed by atoms with Crippen LogP contribution >= 0.6 is 0 Å². The molecule has 1 heterocycles. The van der Waals surface area contributed by atoms with Crippen molar-refractivity contribution < 1.29 is 13.5 Å². The molecule has 96 valence electrons. The first-order valence-corrected chi connectivity index (χ1v) is 7.15. The summed E-state index contributed by atoms with van der Waals surface area (Å²) in [6.07, 6.45) is 6.25. The first-order chi connectivity index (χ1) is 8.17. The van der Waals surface area contributed by atoms with Crippen LogP contribution < -0.4 is 4.72 Å². The number of sulfonamides is 1. The zero-order valence-electron chi connectivity index (χ0n) is 9.67. The Morgan fingerprint density at radius 1 is 1.24 bits per heavy atom. The predicted molar refractivity (Wildman–Crippen MR) is 65.0 cm³/mol. The van der Waals surface area contributed by atoms with Crippen molar-refractivity contribution in [3.05, 3.63) is 24.5 Å². The van der Waals surface area contributed by atoms with Gasteiger partial charge in [0.25, 0.3) is 0 Å². The van der Waals surface area contributed by atoms with Gasteiger partial charge in [-0.1, -0.05) is 12.8 Å². The molecule has 0 spiro atoms. The fourth-order valence-electron chi connectivity index (χ4n) is 1.39. The molecule has 0 saturated heterocycles. The van der Waals surface area contributed by atoms with Gasteiger partial charge in [-0.2, -0.15) is 0 Å². The lowest BCUT2D eigenvalue weighted by atomic mass is 10.2. The van der Waals surface area contributed by atoms with Gasteiger partial charge in [-0.25, -0.2) is 13.1 Å². The highest BCUT2D eigenvalue weighted by Gasteiger charge is 2.12. The number of aliphatic hydroxyl groups is 1. The zero-order chi connectivity index (χ0) is 12.6. The standard InChI is InChI=1S/C11H18N2O3S/c14-9-4-2-1-3-8-13-17(15,16)11-6-5-7-12-10-11/h5-7,10,13-14H,1-4,8-9H2. The smallest absolute Gasteiger partial charge is 0.242 e. The van der Waals surface area contributed by atoms with Crippen molar-refractivity contribution in [3.63, 3.8) is 0 Å². The Bertz CT molecular complexity index is 406. The average molecular weight is 258 g/mol. The van der Waals surface area contributed by atoms with Crippen molar-refractivity contribution in [2.75, 3.05) is 13.2 Å². The molecule has 0 amide bonds. The quantitative estimate of drug-likeness (QED) is 0.679. The SMILES string of the molecule is O=S(=O)(NCCCCCCO)c1cccnc1. The maximum absolute atomic E-state index is 11.7. The molecule has 0 unspecified atom stereocenters. The number of pyridine rings is 1. The summed E-state index contributed by atoms with van der Waals surface area (Å²) in [7, 11) is -3.41. The number of rotatable bonds is 8. The molecule has 0 aliphatic rings. The monoisotopic (exact) mass is 258 g/mol. The maximum atomic E-state index is 11.7. The number of nitrogens with zero attached hydrogens (tertiary/aromatic N) is 1. The lowest BCUT2D eigenvalue weighted by molar-refractivity contribution is 0.282. The Morgan fingerprint density at radius 2 is 2.00 bits per heavy atom. The van der Waals surface area contributed by atoms with Gasteiger partial charge in [0, 0.05) is 25.5 Å². The molecule has 0 atom stereocenters. The molecule has 1 aromatic heterocycles. The van der Waals surface area contributed by atoms with Crippen LogP contribution in [0, 0.1) is 0 Å². The normalized spacial score (nSPS) is 11.6. The van der Waals surface area contributed by atoms with Crippen LogP contribution in [0.15, 0.2) is 29.4 Å². The number of aliphatic hydroxyl groups excluding tert-OH is 1. The van der Waals surface area contributed by atoms with Crippen LogP contribution in [0.2, 0.25) is 0 Å². The number of hydrogen-bond acceptors (Lipinski definition) is 4. The van der Waals surface area contributed by atoms with Crippen LogP contribution in [0.5, 0.6) is 0 Å². The van der Waals surface area contributed by atoms with Gasteiger partial charge in [-0.3, -0.25) is 4.98 Å². The van der Waals surface area contributed by atoms with Gasteiger partial charge in [0.1, 0.15) is 4.90 Å². The van der Waals surface area contributed by atoms with Gasteiger partial charge in [-0.05, 0) is 25.0 Å².